The van der Waals surface area contributed by atoms with Gasteiger partial charge in [0.25, 0.3) is 0 Å². The van der Waals surface area contributed by atoms with Crippen molar-refractivity contribution in [2.45, 2.75) is 5.92 Å². The molecular weight excluding hydrogens is 725 g/mol. The molecule has 1 aromatic heterocycles. The lowest BCUT2D eigenvalue weighted by atomic mass is 9.83. The Kier molecular flexibility index (Phi) is 8.98. The van der Waals surface area contributed by atoms with E-state index in [9.17, 15) is 0 Å². The second-order valence-corrected chi connectivity index (χ2v) is 15.6. The molecule has 0 fully saturated rings. The van der Waals surface area contributed by atoms with Gasteiger partial charge >= 0.3 is 0 Å². The van der Waals surface area contributed by atoms with Crippen LogP contribution in [0.1, 0.15) is 22.6 Å². The minimum absolute atomic E-state index is 0.0572. The molecule has 0 N–H and O–H groups in total. The van der Waals surface area contributed by atoms with E-state index >= 15 is 0 Å². The van der Waals surface area contributed by atoms with Crippen molar-refractivity contribution in [2.75, 3.05) is 0 Å². The Morgan fingerprint density at radius 1 is 0.250 bits per heavy atom. The monoisotopic (exact) mass is 764 g/mol. The third kappa shape index (κ3) is 6.57. The van der Waals surface area contributed by atoms with E-state index in [1.54, 1.807) is 0 Å². The van der Waals surface area contributed by atoms with Gasteiger partial charge < -0.3 is 4.42 Å². The van der Waals surface area contributed by atoms with E-state index in [0.29, 0.717) is 0 Å². The van der Waals surface area contributed by atoms with Crippen LogP contribution in [0, 0.1) is 0 Å². The van der Waals surface area contributed by atoms with Crippen LogP contribution in [0.4, 0.5) is 0 Å². The van der Waals surface area contributed by atoms with Crippen LogP contribution in [-0.2, 0) is 0 Å². The minimum Gasteiger partial charge on any atom is -0.455 e. The first-order chi connectivity index (χ1) is 29.7. The lowest BCUT2D eigenvalue weighted by Crippen LogP contribution is -2.03. The molecule has 1 unspecified atom stereocenters. The summed E-state index contributed by atoms with van der Waals surface area (Å²) in [5.74, 6) is 0.0572. The zero-order valence-electron chi connectivity index (χ0n) is 33.0. The lowest BCUT2D eigenvalue weighted by Gasteiger charge is -2.20. The van der Waals surface area contributed by atoms with Gasteiger partial charge in [0.2, 0.25) is 0 Å². The molecular formula is C59H40O. The summed E-state index contributed by atoms with van der Waals surface area (Å²) in [5, 5.41) is 4.82. The number of benzene rings is 10. The van der Waals surface area contributed by atoms with Crippen LogP contribution in [-0.4, -0.2) is 0 Å². The number of hydrogen-bond donors (Lipinski definition) is 0. The Morgan fingerprint density at radius 3 is 1.23 bits per heavy atom. The average Bonchev–Trinajstić information content (AvgIpc) is 3.72. The molecule has 0 aliphatic rings. The summed E-state index contributed by atoms with van der Waals surface area (Å²) >= 11 is 0. The van der Waals surface area contributed by atoms with Crippen LogP contribution in [0.25, 0.3) is 88.3 Å². The van der Waals surface area contributed by atoms with Crippen LogP contribution in [0.3, 0.4) is 0 Å². The molecule has 0 spiro atoms. The molecule has 11 rings (SSSR count). The van der Waals surface area contributed by atoms with Crippen LogP contribution >= 0.6 is 0 Å². The zero-order valence-corrected chi connectivity index (χ0v) is 33.0. The number of fused-ring (bicyclic) bond motifs is 4. The second-order valence-electron chi connectivity index (χ2n) is 15.6. The highest BCUT2D eigenvalue weighted by molar-refractivity contribution is 6.09. The number of para-hydroxylation sites is 2. The maximum Gasteiger partial charge on any atom is 0.143 e. The van der Waals surface area contributed by atoms with Crippen molar-refractivity contribution in [2.24, 2.45) is 0 Å². The quantitative estimate of drug-likeness (QED) is 0.140. The molecule has 0 saturated heterocycles. The van der Waals surface area contributed by atoms with Crippen LogP contribution in [0.15, 0.2) is 241 Å². The first kappa shape index (κ1) is 35.4. The maximum absolute atomic E-state index is 6.36. The Bertz CT molecular complexity index is 3240. The molecule has 1 nitrogen and oxygen atoms in total. The largest absolute Gasteiger partial charge is 0.455 e. The van der Waals surface area contributed by atoms with Crippen molar-refractivity contribution in [1.82, 2.24) is 0 Å². The SMILES string of the molecule is c1ccc(-c2ccc(-c3ccc(C(c4ccc(-c5ccc(-c6cccc7c6oc6ccccc67)cc5)cc4)c4ccc(-c5cccc6ccccc56)cc4)cc3)cc2)cc1. The maximum atomic E-state index is 6.36. The van der Waals surface area contributed by atoms with Crippen molar-refractivity contribution in [3.8, 4) is 55.6 Å². The molecule has 0 bridgehead atoms. The summed E-state index contributed by atoms with van der Waals surface area (Å²) < 4.78 is 6.36. The van der Waals surface area contributed by atoms with Crippen LogP contribution < -0.4 is 0 Å². The van der Waals surface area contributed by atoms with E-state index in [-0.39, 0.29) is 5.92 Å². The fourth-order valence-electron chi connectivity index (χ4n) is 8.95. The van der Waals surface area contributed by atoms with Gasteiger partial charge in [-0.15, -0.1) is 0 Å². The normalized spacial score (nSPS) is 11.9. The first-order valence-corrected chi connectivity index (χ1v) is 20.7. The third-order valence-electron chi connectivity index (χ3n) is 12.1. The van der Waals surface area contributed by atoms with Crippen molar-refractivity contribution in [3.63, 3.8) is 0 Å². The number of furan rings is 1. The van der Waals surface area contributed by atoms with Gasteiger partial charge in [0, 0.05) is 22.3 Å². The molecule has 0 aliphatic carbocycles. The van der Waals surface area contributed by atoms with E-state index in [4.69, 9.17) is 4.42 Å². The Morgan fingerprint density at radius 2 is 0.633 bits per heavy atom. The van der Waals surface area contributed by atoms with E-state index in [1.165, 1.54) is 72.0 Å². The summed E-state index contributed by atoms with van der Waals surface area (Å²) in [5.41, 5.74) is 17.6. The Balaban J connectivity index is 0.918. The van der Waals surface area contributed by atoms with Gasteiger partial charge in [-0.05, 0) is 83.6 Å². The van der Waals surface area contributed by atoms with E-state index in [1.807, 2.05) is 12.1 Å². The van der Waals surface area contributed by atoms with E-state index in [0.717, 1.165) is 33.1 Å². The lowest BCUT2D eigenvalue weighted by molar-refractivity contribution is 0.670. The molecule has 0 aliphatic heterocycles. The number of rotatable bonds is 8. The molecule has 1 heterocycles. The summed E-state index contributed by atoms with van der Waals surface area (Å²) in [7, 11) is 0. The summed E-state index contributed by atoms with van der Waals surface area (Å²) in [6.45, 7) is 0. The van der Waals surface area contributed by atoms with Crippen molar-refractivity contribution in [1.29, 1.82) is 0 Å². The van der Waals surface area contributed by atoms with Crippen molar-refractivity contribution < 1.29 is 4.42 Å². The van der Waals surface area contributed by atoms with E-state index < -0.39 is 0 Å². The van der Waals surface area contributed by atoms with Gasteiger partial charge in [-0.3, -0.25) is 0 Å². The zero-order chi connectivity index (χ0) is 39.8. The second kappa shape index (κ2) is 15.2. The highest BCUT2D eigenvalue weighted by Gasteiger charge is 2.19. The molecule has 282 valence electrons. The van der Waals surface area contributed by atoms with Gasteiger partial charge in [-0.2, -0.15) is 0 Å². The minimum atomic E-state index is 0.0572. The van der Waals surface area contributed by atoms with E-state index in [2.05, 4.69) is 224 Å². The molecule has 11 aromatic rings. The molecule has 0 radical (unpaired) electrons. The summed E-state index contributed by atoms with van der Waals surface area (Å²) in [6, 6.07) is 85.7. The molecule has 0 amide bonds. The van der Waals surface area contributed by atoms with Crippen molar-refractivity contribution in [3.05, 3.63) is 253 Å². The predicted octanol–water partition coefficient (Wildman–Crippen LogP) is 16.3. The predicted molar refractivity (Wildman–Crippen MR) is 252 cm³/mol. The van der Waals surface area contributed by atoms with Crippen LogP contribution in [0.2, 0.25) is 0 Å². The summed E-state index contributed by atoms with van der Waals surface area (Å²) in [4.78, 5) is 0. The highest BCUT2D eigenvalue weighted by atomic mass is 16.3. The molecule has 1 atom stereocenters. The standard InChI is InChI=1S/C59H40O/c1-2-10-40(11-3-1)41-20-22-42(23-21-41)44-26-34-49(35-27-44)58(51-38-32-47(33-39-51)53-16-8-13-46-12-4-5-14-52(46)53)50-36-28-45(29-37-50)43-24-30-48(31-25-43)54-17-9-18-56-55-15-6-7-19-57(55)60-59(54)56/h1-39,58H. The van der Waals surface area contributed by atoms with Crippen LogP contribution in [0.5, 0.6) is 0 Å². The van der Waals surface area contributed by atoms with Gasteiger partial charge in [-0.25, -0.2) is 0 Å². The molecule has 60 heavy (non-hydrogen) atoms. The highest BCUT2D eigenvalue weighted by Crippen LogP contribution is 2.39. The Labute approximate surface area is 350 Å². The van der Waals surface area contributed by atoms with Gasteiger partial charge in [-0.1, -0.05) is 231 Å². The topological polar surface area (TPSA) is 13.1 Å². The fourth-order valence-corrected chi connectivity index (χ4v) is 8.95. The molecule has 10 aromatic carbocycles. The van der Waals surface area contributed by atoms with Gasteiger partial charge in [0.05, 0.1) is 0 Å². The Hall–Kier alpha value is -7.74. The first-order valence-electron chi connectivity index (χ1n) is 20.7. The number of hydrogen-bond acceptors (Lipinski definition) is 1. The molecule has 0 saturated carbocycles. The summed E-state index contributed by atoms with van der Waals surface area (Å²) in [6.07, 6.45) is 0. The van der Waals surface area contributed by atoms with Crippen molar-refractivity contribution >= 4 is 32.7 Å². The molecule has 1 heteroatoms. The third-order valence-corrected chi connectivity index (χ3v) is 12.1. The van der Waals surface area contributed by atoms with Gasteiger partial charge in [0.1, 0.15) is 11.2 Å². The average molecular weight is 765 g/mol. The smallest absolute Gasteiger partial charge is 0.143 e. The van der Waals surface area contributed by atoms with Gasteiger partial charge in [0.15, 0.2) is 0 Å². The fraction of sp³-hybridized carbons (Fsp3) is 0.0169.